The van der Waals surface area contributed by atoms with Crippen molar-refractivity contribution >= 4 is 67.9 Å². The number of rotatable bonds is 9. The predicted octanol–water partition coefficient (Wildman–Crippen LogP) is 9.59. The molecular weight excluding hydrogens is 773 g/mol. The average Bonchev–Trinajstić information content (AvgIpc) is 3.95. The third-order valence-corrected chi connectivity index (χ3v) is 8.86. The van der Waals surface area contributed by atoms with Gasteiger partial charge in [-0.15, -0.1) is 0 Å². The van der Waals surface area contributed by atoms with Crippen molar-refractivity contribution in [3.63, 3.8) is 0 Å². The topological polar surface area (TPSA) is 131 Å². The fourth-order valence-corrected chi connectivity index (χ4v) is 6.09. The van der Waals surface area contributed by atoms with Crippen molar-refractivity contribution in [3.05, 3.63) is 160 Å². The van der Waals surface area contributed by atoms with E-state index in [1.165, 1.54) is 0 Å². The molecule has 3 aromatic carbocycles. The van der Waals surface area contributed by atoms with Crippen molar-refractivity contribution in [2.24, 2.45) is 14.1 Å². The van der Waals surface area contributed by atoms with Gasteiger partial charge in [-0.25, -0.2) is 15.0 Å². The van der Waals surface area contributed by atoms with Crippen LogP contribution >= 0.6 is 34.8 Å². The Morgan fingerprint density at radius 3 is 1.61 bits per heavy atom. The Kier molecular flexibility index (Phi) is 12.2. The first kappa shape index (κ1) is 38.1. The number of hydrogen-bond donors (Lipinski definition) is 1. The first-order chi connectivity index (χ1) is 27.3. The van der Waals surface area contributed by atoms with Crippen LogP contribution in [-0.2, 0) is 33.9 Å². The van der Waals surface area contributed by atoms with Crippen molar-refractivity contribution in [1.82, 2.24) is 44.0 Å². The van der Waals surface area contributed by atoms with Crippen LogP contribution in [0.5, 0.6) is 17.6 Å². The summed E-state index contributed by atoms with van der Waals surface area (Å²) in [5, 5.41) is 1.17. The lowest BCUT2D eigenvalue weighted by atomic mass is 10.2. The maximum atomic E-state index is 6.00. The highest BCUT2D eigenvalue weighted by Crippen LogP contribution is 2.28. The molecule has 0 aliphatic heterocycles. The molecule has 56 heavy (non-hydrogen) atoms. The molecule has 15 heteroatoms. The minimum absolute atomic E-state index is 0.384. The van der Waals surface area contributed by atoms with Crippen molar-refractivity contribution < 1.29 is 14.2 Å². The third kappa shape index (κ3) is 9.53. The fraction of sp³-hybridized carbons (Fsp3) is 0.122. The summed E-state index contributed by atoms with van der Waals surface area (Å²) >= 11 is 17.9. The van der Waals surface area contributed by atoms with Crippen molar-refractivity contribution in [3.8, 4) is 17.6 Å². The van der Waals surface area contributed by atoms with Gasteiger partial charge in [-0.3, -0.25) is 0 Å². The van der Waals surface area contributed by atoms with E-state index in [0.29, 0.717) is 58.4 Å². The minimum Gasteiger partial charge on any atom is -0.471 e. The molecule has 0 atom stereocenters. The second-order valence-corrected chi connectivity index (χ2v) is 13.5. The van der Waals surface area contributed by atoms with Gasteiger partial charge in [0.25, 0.3) is 0 Å². The number of aromatic nitrogens is 9. The van der Waals surface area contributed by atoms with Gasteiger partial charge in [-0.05, 0) is 16.7 Å². The van der Waals surface area contributed by atoms with Crippen LogP contribution < -0.4 is 14.2 Å². The monoisotopic (exact) mass is 805 g/mol. The third-order valence-electron chi connectivity index (χ3n) is 8.28. The van der Waals surface area contributed by atoms with Gasteiger partial charge >= 0.3 is 0 Å². The number of H-pyrrole nitrogens is 1. The molecule has 12 nitrogen and oxygen atoms in total. The Morgan fingerprint density at radius 1 is 0.536 bits per heavy atom. The molecule has 282 valence electrons. The fourth-order valence-electron chi connectivity index (χ4n) is 5.54. The van der Waals surface area contributed by atoms with Crippen molar-refractivity contribution in [2.45, 2.75) is 19.8 Å². The van der Waals surface area contributed by atoms with E-state index in [2.05, 4.69) is 34.9 Å². The van der Waals surface area contributed by atoms with E-state index in [9.17, 15) is 0 Å². The highest BCUT2D eigenvalue weighted by molar-refractivity contribution is 6.30. The number of nitrogens with zero attached hydrogens (tertiary/aromatic N) is 8. The molecule has 9 rings (SSSR count). The number of halogens is 3. The first-order valence-electron chi connectivity index (χ1n) is 17.3. The Balaban J connectivity index is 0.000000129. The SMILES string of the molecule is Clc1cc2[nH]cnc2c(OCc2ccccc2)n1.Cn1cnc2c(OCc3ccccc3)nc(Cl)cc21.Cn1cnc2cc(Cl)nc(OCc3ccccc3)c21. The number of aryl methyl sites for hydroxylation is 2. The zero-order valence-electron chi connectivity index (χ0n) is 30.2. The lowest BCUT2D eigenvalue weighted by Gasteiger charge is -2.08. The quantitative estimate of drug-likeness (QED) is 0.142. The Morgan fingerprint density at radius 2 is 1.02 bits per heavy atom. The average molecular weight is 807 g/mol. The number of imidazole rings is 3. The lowest BCUT2D eigenvalue weighted by Crippen LogP contribution is -2.00. The number of nitrogens with one attached hydrogen (secondary N) is 1. The first-order valence-corrected chi connectivity index (χ1v) is 18.4. The minimum atomic E-state index is 0.384. The maximum Gasteiger partial charge on any atom is 0.243 e. The zero-order valence-corrected chi connectivity index (χ0v) is 32.4. The van der Waals surface area contributed by atoms with E-state index in [1.54, 1.807) is 37.2 Å². The molecular formula is C41H34Cl3N9O3. The zero-order chi connectivity index (χ0) is 38.9. The molecule has 6 aromatic heterocycles. The van der Waals surface area contributed by atoms with Gasteiger partial charge in [-0.2, -0.15) is 15.0 Å². The van der Waals surface area contributed by atoms with Crippen LogP contribution in [0.1, 0.15) is 16.7 Å². The summed E-state index contributed by atoms with van der Waals surface area (Å²) in [6.45, 7) is 1.34. The number of ether oxygens (including phenoxy) is 3. The molecule has 0 unspecified atom stereocenters. The van der Waals surface area contributed by atoms with Gasteiger partial charge in [0.1, 0.15) is 40.8 Å². The Hall–Kier alpha value is -6.21. The molecule has 0 aliphatic carbocycles. The maximum absolute atomic E-state index is 6.00. The summed E-state index contributed by atoms with van der Waals surface area (Å²) < 4.78 is 20.9. The van der Waals surface area contributed by atoms with Crippen molar-refractivity contribution in [2.75, 3.05) is 0 Å². The summed E-state index contributed by atoms with van der Waals surface area (Å²) in [4.78, 5) is 28.3. The van der Waals surface area contributed by atoms with E-state index in [1.807, 2.05) is 114 Å². The number of benzene rings is 3. The summed E-state index contributed by atoms with van der Waals surface area (Å²) in [5.41, 5.74) is 8.00. The normalized spacial score (nSPS) is 10.8. The van der Waals surface area contributed by atoms with Crippen LogP contribution in [0.2, 0.25) is 15.5 Å². The highest BCUT2D eigenvalue weighted by Gasteiger charge is 2.13. The molecule has 9 aromatic rings. The van der Waals surface area contributed by atoms with E-state index in [0.717, 1.165) is 44.3 Å². The molecule has 0 saturated heterocycles. The van der Waals surface area contributed by atoms with Crippen LogP contribution in [0, 0.1) is 0 Å². The standard InChI is InChI=1S/2C14H12ClN3O.C13H10ClN3O/c1-18-9-16-13-11(18)7-12(15)17-14(13)19-8-10-5-3-2-4-6-10;1-18-9-16-11-7-12(15)17-14(13(11)18)19-8-10-5-3-2-4-6-10;14-11-6-10-12(16-8-15-10)13(17-11)18-7-9-4-2-1-3-5-9/h2*2-7,9H,8H2,1H3;1-6,8H,7H2,(H,15,16). The Bertz CT molecular complexity index is 2670. The second-order valence-electron chi connectivity index (χ2n) is 12.3. The van der Waals surface area contributed by atoms with Crippen LogP contribution in [-0.4, -0.2) is 44.0 Å². The molecule has 0 aliphatic rings. The van der Waals surface area contributed by atoms with Crippen molar-refractivity contribution in [1.29, 1.82) is 0 Å². The molecule has 0 amide bonds. The summed E-state index contributed by atoms with van der Waals surface area (Å²) in [6.07, 6.45) is 5.04. The summed E-state index contributed by atoms with van der Waals surface area (Å²) in [7, 11) is 3.81. The van der Waals surface area contributed by atoms with Gasteiger partial charge in [0.2, 0.25) is 17.6 Å². The van der Waals surface area contributed by atoms with Crippen LogP contribution in [0.15, 0.2) is 128 Å². The van der Waals surface area contributed by atoms with Gasteiger partial charge in [-0.1, -0.05) is 126 Å². The number of fused-ring (bicyclic) bond motifs is 3. The molecule has 0 spiro atoms. The molecule has 0 fully saturated rings. The Labute approximate surface area is 336 Å². The van der Waals surface area contributed by atoms with Crippen LogP contribution in [0.25, 0.3) is 33.1 Å². The smallest absolute Gasteiger partial charge is 0.243 e. The molecule has 1 N–H and O–H groups in total. The number of aromatic amines is 1. The van der Waals surface area contributed by atoms with Crippen LogP contribution in [0.4, 0.5) is 0 Å². The van der Waals surface area contributed by atoms with E-state index in [4.69, 9.17) is 49.0 Å². The van der Waals surface area contributed by atoms with E-state index in [-0.39, 0.29) is 0 Å². The lowest BCUT2D eigenvalue weighted by molar-refractivity contribution is 0.297. The largest absolute Gasteiger partial charge is 0.471 e. The molecule has 0 radical (unpaired) electrons. The van der Waals surface area contributed by atoms with Crippen LogP contribution in [0.3, 0.4) is 0 Å². The van der Waals surface area contributed by atoms with Gasteiger partial charge < -0.3 is 28.3 Å². The van der Waals surface area contributed by atoms with E-state index < -0.39 is 0 Å². The highest BCUT2D eigenvalue weighted by atomic mass is 35.5. The molecule has 0 saturated carbocycles. The van der Waals surface area contributed by atoms with Gasteiger partial charge in [0.05, 0.1) is 35.5 Å². The number of pyridine rings is 3. The van der Waals surface area contributed by atoms with Gasteiger partial charge in [0.15, 0.2) is 11.0 Å². The molecule has 6 heterocycles. The number of hydrogen-bond acceptors (Lipinski definition) is 9. The van der Waals surface area contributed by atoms with Gasteiger partial charge in [0, 0.05) is 32.3 Å². The second kappa shape index (κ2) is 17.9. The predicted molar refractivity (Wildman–Crippen MR) is 218 cm³/mol. The summed E-state index contributed by atoms with van der Waals surface area (Å²) in [6, 6.07) is 35.0. The molecule has 0 bridgehead atoms. The van der Waals surface area contributed by atoms with E-state index >= 15 is 0 Å². The summed E-state index contributed by atoms with van der Waals surface area (Å²) in [5.74, 6) is 1.42.